The second-order valence-electron chi connectivity index (χ2n) is 3.62. The number of piperazine rings is 1. The van der Waals surface area contributed by atoms with Crippen molar-refractivity contribution in [3.8, 4) is 0 Å². The van der Waals surface area contributed by atoms with Crippen LogP contribution in [0.15, 0.2) is 0 Å². The van der Waals surface area contributed by atoms with E-state index in [1.165, 1.54) is 19.1 Å². The topological polar surface area (TPSA) is 84.9 Å². The van der Waals surface area contributed by atoms with Crippen LogP contribution in [0.5, 0.6) is 0 Å². The lowest BCUT2D eigenvalue weighted by atomic mass is 10.1. The number of nitrogens with zero attached hydrogens (tertiary/aromatic N) is 1. The number of amides is 1. The van der Waals surface area contributed by atoms with Gasteiger partial charge in [-0.05, 0) is 0 Å². The van der Waals surface area contributed by atoms with E-state index in [2.05, 4.69) is 14.8 Å². The van der Waals surface area contributed by atoms with E-state index in [1.54, 1.807) is 0 Å². The molecule has 0 aliphatic carbocycles. The molecule has 1 N–H and O–H groups in total. The molecule has 0 bridgehead atoms. The fourth-order valence-corrected chi connectivity index (χ4v) is 1.58. The number of nitrogens with one attached hydrogen (secondary N) is 1. The number of methoxy groups -OCH3 is 2. The van der Waals surface area contributed by atoms with Gasteiger partial charge in [0.05, 0.1) is 26.7 Å². The van der Waals surface area contributed by atoms with Crippen molar-refractivity contribution in [2.24, 2.45) is 0 Å². The van der Waals surface area contributed by atoms with Crippen LogP contribution in [0, 0.1) is 0 Å². The first kappa shape index (κ1) is 13.4. The third-order valence-corrected chi connectivity index (χ3v) is 2.53. The third-order valence-electron chi connectivity index (χ3n) is 2.53. The van der Waals surface area contributed by atoms with E-state index in [0.29, 0.717) is 13.1 Å². The zero-order valence-electron chi connectivity index (χ0n) is 9.89. The van der Waals surface area contributed by atoms with Crippen LogP contribution < -0.4 is 5.32 Å². The standard InChI is InChI=1S/C10H16N2O5/c1-16-8(13)5-7-10(15)12(4-3-11-7)6-9(14)17-2/h7,11H,3-6H2,1-2H3. The molecule has 0 aromatic heterocycles. The maximum Gasteiger partial charge on any atom is 0.325 e. The molecule has 17 heavy (non-hydrogen) atoms. The number of ether oxygens (including phenoxy) is 2. The second kappa shape index (κ2) is 6.19. The van der Waals surface area contributed by atoms with Gasteiger partial charge in [0.15, 0.2) is 0 Å². The second-order valence-corrected chi connectivity index (χ2v) is 3.62. The highest BCUT2D eigenvalue weighted by molar-refractivity contribution is 5.89. The number of hydrogen-bond acceptors (Lipinski definition) is 6. The SMILES string of the molecule is COC(=O)CC1NCCN(CC(=O)OC)C1=O. The summed E-state index contributed by atoms with van der Waals surface area (Å²) in [5.74, 6) is -1.22. The van der Waals surface area contributed by atoms with E-state index in [4.69, 9.17) is 0 Å². The van der Waals surface area contributed by atoms with E-state index in [-0.39, 0.29) is 18.9 Å². The summed E-state index contributed by atoms with van der Waals surface area (Å²) in [5.41, 5.74) is 0. The van der Waals surface area contributed by atoms with Crippen LogP contribution in [0.25, 0.3) is 0 Å². The van der Waals surface area contributed by atoms with Crippen molar-refractivity contribution in [3.63, 3.8) is 0 Å². The largest absolute Gasteiger partial charge is 0.469 e. The normalized spacial score (nSPS) is 20.0. The highest BCUT2D eigenvalue weighted by Gasteiger charge is 2.31. The Morgan fingerprint density at radius 2 is 2.00 bits per heavy atom. The molecule has 0 spiro atoms. The molecule has 7 heteroatoms. The van der Waals surface area contributed by atoms with E-state index in [0.717, 1.165) is 0 Å². The number of carbonyl (C=O) groups excluding carboxylic acids is 3. The molecule has 0 radical (unpaired) electrons. The fourth-order valence-electron chi connectivity index (χ4n) is 1.58. The molecule has 0 aromatic carbocycles. The molecule has 1 saturated heterocycles. The molecule has 1 amide bonds. The van der Waals surface area contributed by atoms with Gasteiger partial charge in [0.1, 0.15) is 6.54 Å². The average Bonchev–Trinajstić information content (AvgIpc) is 2.33. The minimum Gasteiger partial charge on any atom is -0.469 e. The fraction of sp³-hybridized carbons (Fsp3) is 0.700. The van der Waals surface area contributed by atoms with Crippen LogP contribution in [0.1, 0.15) is 6.42 Å². The van der Waals surface area contributed by atoms with E-state index < -0.39 is 18.0 Å². The maximum absolute atomic E-state index is 11.9. The van der Waals surface area contributed by atoms with Crippen LogP contribution in [-0.4, -0.2) is 62.6 Å². The summed E-state index contributed by atoms with van der Waals surface area (Å²) < 4.78 is 8.99. The predicted octanol–water partition coefficient (Wildman–Crippen LogP) is -1.48. The number of esters is 2. The Balaban J connectivity index is 2.56. The molecule has 1 aliphatic heterocycles. The zero-order valence-corrected chi connectivity index (χ0v) is 9.89. The van der Waals surface area contributed by atoms with Gasteiger partial charge in [-0.1, -0.05) is 0 Å². The van der Waals surface area contributed by atoms with Crippen molar-refractivity contribution >= 4 is 17.8 Å². The van der Waals surface area contributed by atoms with Crippen molar-refractivity contribution in [1.29, 1.82) is 0 Å². The molecular formula is C10H16N2O5. The molecule has 7 nitrogen and oxygen atoms in total. The zero-order chi connectivity index (χ0) is 12.8. The molecule has 1 atom stereocenters. The van der Waals surface area contributed by atoms with Crippen LogP contribution in [0.2, 0.25) is 0 Å². The van der Waals surface area contributed by atoms with Crippen molar-refractivity contribution in [2.45, 2.75) is 12.5 Å². The molecule has 1 unspecified atom stereocenters. The third kappa shape index (κ3) is 3.70. The van der Waals surface area contributed by atoms with Gasteiger partial charge >= 0.3 is 11.9 Å². The van der Waals surface area contributed by atoms with Crippen molar-refractivity contribution in [1.82, 2.24) is 10.2 Å². The molecule has 0 aromatic rings. The molecule has 1 fully saturated rings. The van der Waals surface area contributed by atoms with Crippen LogP contribution >= 0.6 is 0 Å². The summed E-state index contributed by atoms with van der Waals surface area (Å²) in [4.78, 5) is 35.4. The summed E-state index contributed by atoms with van der Waals surface area (Å²) in [6.45, 7) is 0.866. The molecule has 96 valence electrons. The molecule has 1 rings (SSSR count). The number of rotatable bonds is 4. The quantitative estimate of drug-likeness (QED) is 0.607. The minimum atomic E-state index is -0.624. The number of carbonyl (C=O) groups is 3. The van der Waals surface area contributed by atoms with Gasteiger partial charge in [-0.25, -0.2) is 0 Å². The lowest BCUT2D eigenvalue weighted by Gasteiger charge is -2.31. The Bertz CT molecular complexity index is 290. The first-order valence-electron chi connectivity index (χ1n) is 5.24. The van der Waals surface area contributed by atoms with Gasteiger partial charge in [0.25, 0.3) is 0 Å². The molecular weight excluding hydrogens is 228 g/mol. The average molecular weight is 244 g/mol. The van der Waals surface area contributed by atoms with Gasteiger partial charge in [-0.15, -0.1) is 0 Å². The van der Waals surface area contributed by atoms with Crippen LogP contribution in [0.4, 0.5) is 0 Å². The maximum atomic E-state index is 11.9. The van der Waals surface area contributed by atoms with E-state index in [1.807, 2.05) is 0 Å². The Labute approximate surface area is 99.0 Å². The lowest BCUT2D eigenvalue weighted by molar-refractivity contribution is -0.150. The highest BCUT2D eigenvalue weighted by Crippen LogP contribution is 2.06. The summed E-state index contributed by atoms with van der Waals surface area (Å²) in [7, 11) is 2.53. The Morgan fingerprint density at radius 1 is 1.35 bits per heavy atom. The van der Waals surface area contributed by atoms with Gasteiger partial charge in [0, 0.05) is 13.1 Å². The van der Waals surface area contributed by atoms with Crippen molar-refractivity contribution in [3.05, 3.63) is 0 Å². The van der Waals surface area contributed by atoms with Gasteiger partial charge in [0.2, 0.25) is 5.91 Å². The Kier molecular flexibility index (Phi) is 4.89. The molecule has 1 heterocycles. The minimum absolute atomic E-state index is 0.0347. The van der Waals surface area contributed by atoms with Gasteiger partial charge in [-0.3, -0.25) is 14.4 Å². The Hall–Kier alpha value is -1.63. The first-order valence-corrected chi connectivity index (χ1v) is 5.24. The lowest BCUT2D eigenvalue weighted by Crippen LogP contribution is -2.56. The predicted molar refractivity (Wildman–Crippen MR) is 57.0 cm³/mol. The summed E-state index contributed by atoms with van der Waals surface area (Å²) in [6, 6.07) is -0.624. The van der Waals surface area contributed by atoms with Gasteiger partial charge < -0.3 is 19.7 Å². The smallest absolute Gasteiger partial charge is 0.325 e. The monoisotopic (exact) mass is 244 g/mol. The van der Waals surface area contributed by atoms with Crippen LogP contribution in [-0.2, 0) is 23.9 Å². The van der Waals surface area contributed by atoms with Crippen LogP contribution in [0.3, 0.4) is 0 Å². The number of hydrogen-bond donors (Lipinski definition) is 1. The summed E-state index contributed by atoms with van der Waals surface area (Å²) in [5, 5.41) is 2.91. The summed E-state index contributed by atoms with van der Waals surface area (Å²) in [6.07, 6.45) is -0.0347. The molecule has 1 aliphatic rings. The van der Waals surface area contributed by atoms with E-state index >= 15 is 0 Å². The van der Waals surface area contributed by atoms with Gasteiger partial charge in [-0.2, -0.15) is 0 Å². The van der Waals surface area contributed by atoms with E-state index in [9.17, 15) is 14.4 Å². The Morgan fingerprint density at radius 3 is 2.59 bits per heavy atom. The molecule has 0 saturated carbocycles. The van der Waals surface area contributed by atoms with Crippen molar-refractivity contribution in [2.75, 3.05) is 33.9 Å². The van der Waals surface area contributed by atoms with Crippen molar-refractivity contribution < 1.29 is 23.9 Å². The first-order chi connectivity index (χ1) is 8.08. The highest BCUT2D eigenvalue weighted by atomic mass is 16.5. The summed E-state index contributed by atoms with van der Waals surface area (Å²) >= 11 is 0.